The Morgan fingerprint density at radius 1 is 1.25 bits per heavy atom. The molecule has 0 saturated heterocycles. The first-order valence-electron chi connectivity index (χ1n) is 6.70. The average Bonchev–Trinajstić information content (AvgIpc) is 2.35. The molecule has 5 heteroatoms. The third kappa shape index (κ3) is 4.97. The summed E-state index contributed by atoms with van der Waals surface area (Å²) in [6.07, 6.45) is 0.777. The van der Waals surface area contributed by atoms with Crippen molar-refractivity contribution in [2.45, 2.75) is 32.9 Å². The molecule has 1 unspecified atom stereocenters. The number of likely N-dealkylation sites (N-methyl/N-ethyl adjacent to an activating group) is 1. The van der Waals surface area contributed by atoms with Gasteiger partial charge < -0.3 is 10.2 Å². The topological polar surface area (TPSA) is 32.3 Å². The van der Waals surface area contributed by atoms with Crippen molar-refractivity contribution in [3.63, 3.8) is 0 Å². The summed E-state index contributed by atoms with van der Waals surface area (Å²) < 4.78 is 0. The summed E-state index contributed by atoms with van der Waals surface area (Å²) in [4.78, 5) is 13.8. The van der Waals surface area contributed by atoms with Gasteiger partial charge in [-0.2, -0.15) is 0 Å². The number of benzene rings is 1. The summed E-state index contributed by atoms with van der Waals surface area (Å²) >= 11 is 12.3. The highest BCUT2D eigenvalue weighted by Gasteiger charge is 2.21. The van der Waals surface area contributed by atoms with Crippen molar-refractivity contribution in [3.05, 3.63) is 33.8 Å². The Morgan fingerprint density at radius 3 is 2.25 bits per heavy atom. The first-order chi connectivity index (χ1) is 9.32. The second kappa shape index (κ2) is 7.87. The Hall–Kier alpha value is -0.770. The molecule has 0 bridgehead atoms. The van der Waals surface area contributed by atoms with Gasteiger partial charge in [-0.25, -0.2) is 0 Å². The van der Waals surface area contributed by atoms with Crippen molar-refractivity contribution in [1.82, 2.24) is 10.2 Å². The van der Waals surface area contributed by atoms with Crippen LogP contribution >= 0.6 is 23.2 Å². The van der Waals surface area contributed by atoms with E-state index in [1.165, 1.54) is 0 Å². The number of nitrogens with zero attached hydrogens (tertiary/aromatic N) is 1. The van der Waals surface area contributed by atoms with Crippen LogP contribution in [-0.4, -0.2) is 30.9 Å². The quantitative estimate of drug-likeness (QED) is 0.870. The van der Waals surface area contributed by atoms with E-state index in [1.54, 1.807) is 31.1 Å². The molecule has 1 atom stereocenters. The fourth-order valence-electron chi connectivity index (χ4n) is 1.98. The minimum Gasteiger partial charge on any atom is -0.347 e. The van der Waals surface area contributed by atoms with Crippen LogP contribution in [-0.2, 0) is 11.3 Å². The van der Waals surface area contributed by atoms with Gasteiger partial charge in [-0.3, -0.25) is 4.79 Å². The number of rotatable bonds is 6. The van der Waals surface area contributed by atoms with Crippen molar-refractivity contribution in [2.24, 2.45) is 5.92 Å². The second-order valence-electron chi connectivity index (χ2n) is 5.50. The number of nitrogens with one attached hydrogen (secondary N) is 1. The van der Waals surface area contributed by atoms with E-state index in [0.29, 0.717) is 22.5 Å². The Balaban J connectivity index is 2.78. The molecule has 0 heterocycles. The zero-order valence-corrected chi connectivity index (χ0v) is 13.9. The molecule has 20 heavy (non-hydrogen) atoms. The highest BCUT2D eigenvalue weighted by Crippen LogP contribution is 2.24. The second-order valence-corrected chi connectivity index (χ2v) is 6.31. The van der Waals surface area contributed by atoms with Crippen LogP contribution in [0.2, 0.25) is 10.0 Å². The van der Waals surface area contributed by atoms with Gasteiger partial charge in [0, 0.05) is 36.2 Å². The fraction of sp³-hybridized carbons (Fsp3) is 0.533. The number of hydrogen-bond acceptors (Lipinski definition) is 2. The highest BCUT2D eigenvalue weighted by molar-refractivity contribution is 6.35. The van der Waals surface area contributed by atoms with E-state index in [2.05, 4.69) is 19.2 Å². The van der Waals surface area contributed by atoms with E-state index in [4.69, 9.17) is 23.2 Å². The minimum absolute atomic E-state index is 0.0712. The predicted molar refractivity (Wildman–Crippen MR) is 85.2 cm³/mol. The summed E-state index contributed by atoms with van der Waals surface area (Å²) in [5.74, 6) is 0.500. The van der Waals surface area contributed by atoms with Gasteiger partial charge in [0.25, 0.3) is 0 Å². The van der Waals surface area contributed by atoms with Gasteiger partial charge in [-0.05, 0) is 24.5 Å². The smallest absolute Gasteiger partial charge is 0.239 e. The first-order valence-corrected chi connectivity index (χ1v) is 7.46. The van der Waals surface area contributed by atoms with Crippen LogP contribution < -0.4 is 5.32 Å². The Morgan fingerprint density at radius 2 is 1.80 bits per heavy atom. The molecule has 3 nitrogen and oxygen atoms in total. The third-order valence-corrected chi connectivity index (χ3v) is 3.74. The van der Waals surface area contributed by atoms with Crippen molar-refractivity contribution < 1.29 is 4.79 Å². The van der Waals surface area contributed by atoms with Crippen LogP contribution in [0.3, 0.4) is 0 Å². The Kier molecular flexibility index (Phi) is 6.80. The molecule has 0 saturated carbocycles. The molecule has 0 aliphatic rings. The SMILES string of the molecule is CC(C)CC(NCc1c(Cl)cccc1Cl)C(=O)N(C)C. The molecule has 1 rings (SSSR count). The van der Waals surface area contributed by atoms with Gasteiger partial charge in [0.15, 0.2) is 0 Å². The summed E-state index contributed by atoms with van der Waals surface area (Å²) in [6, 6.07) is 5.19. The molecule has 1 amide bonds. The lowest BCUT2D eigenvalue weighted by Crippen LogP contribution is -2.44. The summed E-state index contributed by atoms with van der Waals surface area (Å²) in [5.41, 5.74) is 0.830. The maximum atomic E-state index is 12.2. The van der Waals surface area contributed by atoms with E-state index in [9.17, 15) is 4.79 Å². The van der Waals surface area contributed by atoms with Gasteiger partial charge in [0.1, 0.15) is 0 Å². The molecule has 0 fully saturated rings. The lowest BCUT2D eigenvalue weighted by molar-refractivity contribution is -0.131. The highest BCUT2D eigenvalue weighted by atomic mass is 35.5. The summed E-state index contributed by atoms with van der Waals surface area (Å²) in [6.45, 7) is 4.68. The molecule has 1 aromatic rings. The molecule has 112 valence electrons. The fourth-order valence-corrected chi connectivity index (χ4v) is 2.51. The first kappa shape index (κ1) is 17.3. The van der Waals surface area contributed by atoms with E-state index < -0.39 is 0 Å². The van der Waals surface area contributed by atoms with Gasteiger partial charge in [0.05, 0.1) is 6.04 Å². The largest absolute Gasteiger partial charge is 0.347 e. The molecule has 0 spiro atoms. The average molecular weight is 317 g/mol. The zero-order chi connectivity index (χ0) is 15.3. The number of carbonyl (C=O) groups excluding carboxylic acids is 1. The summed E-state index contributed by atoms with van der Waals surface area (Å²) in [7, 11) is 3.53. The number of halogens is 2. The number of carbonyl (C=O) groups is 1. The molecule has 0 radical (unpaired) electrons. The number of hydrogen-bond donors (Lipinski definition) is 1. The maximum absolute atomic E-state index is 12.2. The van der Waals surface area contributed by atoms with Gasteiger partial charge in [0.2, 0.25) is 5.91 Å². The lowest BCUT2D eigenvalue weighted by Gasteiger charge is -2.23. The van der Waals surface area contributed by atoms with E-state index in [0.717, 1.165) is 12.0 Å². The third-order valence-electron chi connectivity index (χ3n) is 3.03. The van der Waals surface area contributed by atoms with Crippen molar-refractivity contribution in [3.8, 4) is 0 Å². The lowest BCUT2D eigenvalue weighted by atomic mass is 10.0. The van der Waals surface area contributed by atoms with Crippen LogP contribution in [0, 0.1) is 5.92 Å². The summed E-state index contributed by atoms with van der Waals surface area (Å²) in [5, 5.41) is 4.50. The number of amides is 1. The van der Waals surface area contributed by atoms with E-state index >= 15 is 0 Å². The standard InChI is InChI=1S/C15H22Cl2N2O/c1-10(2)8-14(15(20)19(3)4)18-9-11-12(16)6-5-7-13(11)17/h5-7,10,14,18H,8-9H2,1-4H3. The molecule has 0 aromatic heterocycles. The van der Waals surface area contributed by atoms with Crippen LogP contribution in [0.4, 0.5) is 0 Å². The Bertz CT molecular complexity index is 441. The van der Waals surface area contributed by atoms with Crippen molar-refractivity contribution in [1.29, 1.82) is 0 Å². The van der Waals surface area contributed by atoms with Crippen LogP contribution in [0.15, 0.2) is 18.2 Å². The molecule has 1 aromatic carbocycles. The minimum atomic E-state index is -0.225. The maximum Gasteiger partial charge on any atom is 0.239 e. The zero-order valence-electron chi connectivity index (χ0n) is 12.4. The monoisotopic (exact) mass is 316 g/mol. The normalized spacial score (nSPS) is 12.6. The Labute approximate surface area is 131 Å². The van der Waals surface area contributed by atoms with E-state index in [-0.39, 0.29) is 11.9 Å². The molecule has 0 aliphatic carbocycles. The van der Waals surface area contributed by atoms with Crippen LogP contribution in [0.5, 0.6) is 0 Å². The van der Waals surface area contributed by atoms with Crippen molar-refractivity contribution in [2.75, 3.05) is 14.1 Å². The van der Waals surface area contributed by atoms with Crippen LogP contribution in [0.1, 0.15) is 25.8 Å². The van der Waals surface area contributed by atoms with Crippen molar-refractivity contribution >= 4 is 29.1 Å². The predicted octanol–water partition coefficient (Wildman–Crippen LogP) is 3.59. The molecule has 1 N–H and O–H groups in total. The van der Waals surface area contributed by atoms with Gasteiger partial charge >= 0.3 is 0 Å². The van der Waals surface area contributed by atoms with Gasteiger partial charge in [-0.15, -0.1) is 0 Å². The molecular formula is C15H22Cl2N2O. The molecular weight excluding hydrogens is 295 g/mol. The van der Waals surface area contributed by atoms with Gasteiger partial charge in [-0.1, -0.05) is 43.1 Å². The molecule has 0 aliphatic heterocycles. The van der Waals surface area contributed by atoms with E-state index in [1.807, 2.05) is 6.07 Å². The van der Waals surface area contributed by atoms with Crippen LogP contribution in [0.25, 0.3) is 0 Å².